The van der Waals surface area contributed by atoms with Crippen LogP contribution in [0.15, 0.2) is 48.5 Å². The largest absolute Gasteiger partial charge is 0.331 e. The Kier molecular flexibility index (Phi) is 5.85. The van der Waals surface area contributed by atoms with Crippen molar-refractivity contribution < 1.29 is 9.59 Å². The fourth-order valence-electron chi connectivity index (χ4n) is 5.34. The Balaban J connectivity index is 0.00000218. The molecule has 2 aromatic rings. The Bertz CT molecular complexity index is 963. The first-order valence-corrected chi connectivity index (χ1v) is 10.6. The molecule has 0 aromatic heterocycles. The van der Waals surface area contributed by atoms with Crippen molar-refractivity contribution in [2.75, 3.05) is 31.1 Å². The molecule has 3 atom stereocenters. The van der Waals surface area contributed by atoms with Crippen molar-refractivity contribution >= 4 is 29.9 Å². The Hall–Kier alpha value is -2.37. The van der Waals surface area contributed by atoms with Crippen LogP contribution in [0.2, 0.25) is 0 Å². The predicted molar refractivity (Wildman–Crippen MR) is 120 cm³/mol. The monoisotopic (exact) mass is 425 g/mol. The Morgan fingerprint density at radius 1 is 1.10 bits per heavy atom. The lowest BCUT2D eigenvalue weighted by Crippen LogP contribution is -2.35. The highest BCUT2D eigenvalue weighted by molar-refractivity contribution is 5.99. The molecule has 158 valence electrons. The van der Waals surface area contributed by atoms with Gasteiger partial charge in [0.05, 0.1) is 6.04 Å². The summed E-state index contributed by atoms with van der Waals surface area (Å²) in [5, 5.41) is 3.51. The van der Waals surface area contributed by atoms with Crippen LogP contribution in [0.3, 0.4) is 0 Å². The lowest BCUT2D eigenvalue weighted by Gasteiger charge is -2.30. The maximum atomic E-state index is 13.6. The summed E-state index contributed by atoms with van der Waals surface area (Å²) in [6.07, 6.45) is 1.48. The van der Waals surface area contributed by atoms with Gasteiger partial charge < -0.3 is 15.1 Å². The summed E-state index contributed by atoms with van der Waals surface area (Å²) < 4.78 is 0. The molecule has 0 radical (unpaired) electrons. The van der Waals surface area contributed by atoms with Gasteiger partial charge in [-0.2, -0.15) is 0 Å². The van der Waals surface area contributed by atoms with Gasteiger partial charge in [-0.15, -0.1) is 12.4 Å². The van der Waals surface area contributed by atoms with Crippen molar-refractivity contribution in [3.8, 4) is 0 Å². The first kappa shape index (κ1) is 20.9. The molecule has 3 aliphatic heterocycles. The highest BCUT2D eigenvalue weighted by atomic mass is 35.5. The van der Waals surface area contributed by atoms with Crippen molar-refractivity contribution in [3.05, 3.63) is 65.2 Å². The fourth-order valence-corrected chi connectivity index (χ4v) is 5.34. The van der Waals surface area contributed by atoms with E-state index < -0.39 is 0 Å². The van der Waals surface area contributed by atoms with E-state index in [1.54, 1.807) is 4.90 Å². The second kappa shape index (κ2) is 8.40. The maximum absolute atomic E-state index is 13.6. The summed E-state index contributed by atoms with van der Waals surface area (Å²) in [6.45, 7) is 5.58. The van der Waals surface area contributed by atoms with Crippen molar-refractivity contribution in [3.63, 3.8) is 0 Å². The van der Waals surface area contributed by atoms with Crippen molar-refractivity contribution in [1.29, 1.82) is 0 Å². The number of aryl methyl sites for hydroxylation is 1. The third kappa shape index (κ3) is 3.50. The van der Waals surface area contributed by atoms with Gasteiger partial charge in [0, 0.05) is 49.8 Å². The Labute approximate surface area is 183 Å². The van der Waals surface area contributed by atoms with Crippen LogP contribution in [0, 0.1) is 18.8 Å². The average Bonchev–Trinajstić information content (AvgIpc) is 3.44. The van der Waals surface area contributed by atoms with Crippen LogP contribution in [-0.4, -0.2) is 42.9 Å². The number of fused-ring (bicyclic) bond motifs is 1. The summed E-state index contributed by atoms with van der Waals surface area (Å²) in [4.78, 5) is 29.6. The van der Waals surface area contributed by atoms with Gasteiger partial charge in [0.2, 0.25) is 5.91 Å². The fraction of sp³-hybridized carbons (Fsp3) is 0.417. The minimum atomic E-state index is 0. The second-order valence-electron chi connectivity index (χ2n) is 8.54. The number of anilines is 1. The second-order valence-corrected chi connectivity index (χ2v) is 8.54. The molecule has 0 unspecified atom stereocenters. The maximum Gasteiger partial charge on any atom is 0.254 e. The van der Waals surface area contributed by atoms with E-state index in [1.165, 1.54) is 11.1 Å². The third-order valence-corrected chi connectivity index (χ3v) is 6.81. The number of nitrogens with one attached hydrogen (secondary N) is 1. The van der Waals surface area contributed by atoms with Gasteiger partial charge in [-0.3, -0.25) is 9.59 Å². The molecule has 5 nitrogen and oxygen atoms in total. The molecule has 0 bridgehead atoms. The van der Waals surface area contributed by atoms with Gasteiger partial charge in [0.25, 0.3) is 5.91 Å². The van der Waals surface area contributed by atoms with Gasteiger partial charge >= 0.3 is 0 Å². The minimum absolute atomic E-state index is 0. The molecule has 6 heteroatoms. The highest BCUT2D eigenvalue weighted by Crippen LogP contribution is 2.44. The smallest absolute Gasteiger partial charge is 0.254 e. The summed E-state index contributed by atoms with van der Waals surface area (Å²) in [5.74, 6) is 1.16. The molecular weight excluding hydrogens is 398 g/mol. The van der Waals surface area contributed by atoms with Crippen molar-refractivity contribution in [1.82, 2.24) is 10.2 Å². The van der Waals surface area contributed by atoms with Crippen LogP contribution >= 0.6 is 12.4 Å². The van der Waals surface area contributed by atoms with Crippen LogP contribution < -0.4 is 10.2 Å². The van der Waals surface area contributed by atoms with E-state index in [-0.39, 0.29) is 30.3 Å². The number of likely N-dealkylation sites (tertiary alicyclic amines) is 1. The Morgan fingerprint density at radius 3 is 2.70 bits per heavy atom. The van der Waals surface area contributed by atoms with Gasteiger partial charge in [-0.05, 0) is 48.6 Å². The molecule has 3 aliphatic rings. The highest BCUT2D eigenvalue weighted by Gasteiger charge is 2.47. The number of hydrogen-bond donors (Lipinski definition) is 1. The molecule has 0 spiro atoms. The van der Waals surface area contributed by atoms with Crippen molar-refractivity contribution in [2.24, 2.45) is 11.8 Å². The number of carbonyl (C=O) groups excluding carboxylic acids is 2. The van der Waals surface area contributed by atoms with Gasteiger partial charge in [-0.1, -0.05) is 30.3 Å². The van der Waals surface area contributed by atoms with E-state index in [1.807, 2.05) is 24.3 Å². The third-order valence-electron chi connectivity index (χ3n) is 6.81. The average molecular weight is 426 g/mol. The molecule has 3 fully saturated rings. The van der Waals surface area contributed by atoms with Crippen LogP contribution in [0.5, 0.6) is 0 Å². The summed E-state index contributed by atoms with van der Waals surface area (Å²) in [5.41, 5.74) is 4.00. The predicted octanol–water partition coefficient (Wildman–Crippen LogP) is 3.58. The van der Waals surface area contributed by atoms with E-state index in [0.717, 1.165) is 38.3 Å². The standard InChI is InChI=1S/C24H27N3O2.ClH/c1-16-6-2-3-9-20(16)23-21-14-25-13-18(21)15-27(23)24(29)17-7-4-8-19(12-17)26-11-5-10-22(26)28;/h2-4,6-9,12,18,21,23,25H,5,10-11,13-15H2,1H3;1H/t18-,21-,23+;/m0./s1. The number of carbonyl (C=O) groups is 2. The molecule has 3 heterocycles. The zero-order valence-electron chi connectivity index (χ0n) is 17.2. The van der Waals surface area contributed by atoms with Crippen LogP contribution in [-0.2, 0) is 4.79 Å². The SMILES string of the molecule is Cc1ccccc1[C@@H]1[C@H]2CNC[C@H]2CN1C(=O)c1cccc(N2CCCC2=O)c1.Cl. The quantitative estimate of drug-likeness (QED) is 0.817. The topological polar surface area (TPSA) is 52.7 Å². The van der Waals surface area contributed by atoms with Gasteiger partial charge in [-0.25, -0.2) is 0 Å². The first-order valence-electron chi connectivity index (χ1n) is 10.6. The lowest BCUT2D eigenvalue weighted by atomic mass is 9.87. The molecule has 0 saturated carbocycles. The summed E-state index contributed by atoms with van der Waals surface area (Å²) in [7, 11) is 0. The van der Waals surface area contributed by atoms with Gasteiger partial charge in [0.1, 0.15) is 0 Å². The minimum Gasteiger partial charge on any atom is -0.331 e. The number of nitrogens with zero attached hydrogens (tertiary/aromatic N) is 2. The number of amides is 2. The normalized spacial score (nSPS) is 25.4. The van der Waals surface area contributed by atoms with Crippen LogP contribution in [0.25, 0.3) is 0 Å². The number of halogens is 1. The van der Waals surface area contributed by atoms with E-state index in [9.17, 15) is 9.59 Å². The number of hydrogen-bond acceptors (Lipinski definition) is 3. The van der Waals surface area contributed by atoms with Gasteiger partial charge in [0.15, 0.2) is 0 Å². The summed E-state index contributed by atoms with van der Waals surface area (Å²) >= 11 is 0. The zero-order chi connectivity index (χ0) is 20.0. The van der Waals surface area contributed by atoms with E-state index in [0.29, 0.717) is 23.8 Å². The van der Waals surface area contributed by atoms with E-state index in [4.69, 9.17) is 0 Å². The number of benzene rings is 2. The molecule has 0 aliphatic carbocycles. The van der Waals surface area contributed by atoms with Crippen LogP contribution in [0.1, 0.15) is 40.4 Å². The molecule has 3 saturated heterocycles. The van der Waals surface area contributed by atoms with Crippen LogP contribution in [0.4, 0.5) is 5.69 Å². The number of rotatable bonds is 3. The first-order chi connectivity index (χ1) is 14.1. The van der Waals surface area contributed by atoms with E-state index >= 15 is 0 Å². The molecule has 30 heavy (non-hydrogen) atoms. The van der Waals surface area contributed by atoms with E-state index in [2.05, 4.69) is 41.4 Å². The molecular formula is C24H28ClN3O2. The zero-order valence-corrected chi connectivity index (χ0v) is 18.0. The molecule has 1 N–H and O–H groups in total. The Morgan fingerprint density at radius 2 is 1.93 bits per heavy atom. The molecule has 2 amide bonds. The van der Waals surface area contributed by atoms with Crippen molar-refractivity contribution in [2.45, 2.75) is 25.8 Å². The summed E-state index contributed by atoms with van der Waals surface area (Å²) in [6, 6.07) is 16.1. The lowest BCUT2D eigenvalue weighted by molar-refractivity contribution is -0.117. The molecule has 5 rings (SSSR count). The molecule has 2 aromatic carbocycles.